The van der Waals surface area contributed by atoms with E-state index < -0.39 is 6.29 Å². The summed E-state index contributed by atoms with van der Waals surface area (Å²) in [6, 6.07) is 29.3. The van der Waals surface area contributed by atoms with Crippen molar-refractivity contribution in [1.29, 1.82) is 0 Å². The maximum atomic E-state index is 12.4. The lowest BCUT2D eigenvalue weighted by Crippen LogP contribution is -2.32. The van der Waals surface area contributed by atoms with Crippen LogP contribution in [0.25, 0.3) is 11.1 Å². The molecule has 2 heterocycles. The molecule has 5 rings (SSSR count). The van der Waals surface area contributed by atoms with E-state index in [-0.39, 0.29) is 37.0 Å². The normalized spacial score (nSPS) is 17.4. The molecular formula is C38H43N3O7S. The first kappa shape index (κ1) is 36.0. The molecular weight excluding hydrogens is 642 g/mol. The van der Waals surface area contributed by atoms with Crippen LogP contribution in [0.3, 0.4) is 0 Å². The van der Waals surface area contributed by atoms with Crippen LogP contribution in [0.4, 0.5) is 0 Å². The summed E-state index contributed by atoms with van der Waals surface area (Å²) in [6.45, 7) is 0.408. The Labute approximate surface area is 291 Å². The van der Waals surface area contributed by atoms with Gasteiger partial charge in [-0.15, -0.1) is 0 Å². The molecule has 1 aliphatic heterocycles. The van der Waals surface area contributed by atoms with Crippen molar-refractivity contribution in [1.82, 2.24) is 10.8 Å². The van der Waals surface area contributed by atoms with Crippen LogP contribution < -0.4 is 15.5 Å². The molecule has 258 valence electrons. The third-order valence-electron chi connectivity index (χ3n) is 8.44. The molecule has 4 aromatic rings. The summed E-state index contributed by atoms with van der Waals surface area (Å²) in [6.07, 6.45) is 4.94. The predicted molar refractivity (Wildman–Crippen MR) is 186 cm³/mol. The first-order valence-corrected chi connectivity index (χ1v) is 17.6. The quantitative estimate of drug-likeness (QED) is 0.0270. The number of nitrogens with one attached hydrogen (secondary N) is 2. The Morgan fingerprint density at radius 1 is 0.816 bits per heavy atom. The number of unbranched alkanes of at least 4 members (excludes halogenated alkanes) is 3. The molecule has 49 heavy (non-hydrogen) atoms. The molecule has 1 fully saturated rings. The Balaban J connectivity index is 1.19. The lowest BCUT2D eigenvalue weighted by molar-refractivity contribution is -0.645. The van der Waals surface area contributed by atoms with E-state index in [1.807, 2.05) is 72.8 Å². The number of hydroxylamine groups is 1. The molecule has 3 aromatic carbocycles. The lowest BCUT2D eigenvalue weighted by atomic mass is 9.99. The van der Waals surface area contributed by atoms with Gasteiger partial charge in [0.25, 0.3) is 5.03 Å². The second-order valence-electron chi connectivity index (χ2n) is 12.1. The van der Waals surface area contributed by atoms with Gasteiger partial charge in [-0.2, -0.15) is 4.73 Å². The number of aliphatic hydroxyl groups excluding tert-OH is 1. The molecule has 0 bridgehead atoms. The molecule has 4 N–H and O–H groups in total. The van der Waals surface area contributed by atoms with E-state index in [0.29, 0.717) is 36.6 Å². The van der Waals surface area contributed by atoms with Crippen molar-refractivity contribution in [3.63, 3.8) is 0 Å². The van der Waals surface area contributed by atoms with Crippen LogP contribution in [0, 0.1) is 5.21 Å². The average molecular weight is 686 g/mol. The number of amides is 2. The number of ether oxygens (including phenoxy) is 2. The van der Waals surface area contributed by atoms with Crippen LogP contribution >= 0.6 is 11.8 Å². The van der Waals surface area contributed by atoms with E-state index in [4.69, 9.17) is 14.7 Å². The highest BCUT2D eigenvalue weighted by Crippen LogP contribution is 2.39. The number of thioether (sulfide) groups is 1. The van der Waals surface area contributed by atoms with Crippen molar-refractivity contribution < 1.29 is 34.1 Å². The van der Waals surface area contributed by atoms with E-state index in [0.717, 1.165) is 57.4 Å². The van der Waals surface area contributed by atoms with Gasteiger partial charge in [0.1, 0.15) is 0 Å². The van der Waals surface area contributed by atoms with Gasteiger partial charge >= 0.3 is 0 Å². The van der Waals surface area contributed by atoms with Crippen molar-refractivity contribution >= 4 is 23.6 Å². The topological polar surface area (TPSA) is 144 Å². The Bertz CT molecular complexity index is 1650. The third kappa shape index (κ3) is 10.9. The number of carbonyl (C=O) groups is 2. The fraction of sp³-hybridized carbons (Fsp3) is 0.342. The van der Waals surface area contributed by atoms with Gasteiger partial charge < -0.3 is 25.1 Å². The monoisotopic (exact) mass is 685 g/mol. The van der Waals surface area contributed by atoms with Crippen LogP contribution in [0.2, 0.25) is 0 Å². The van der Waals surface area contributed by atoms with Gasteiger partial charge in [-0.1, -0.05) is 91.3 Å². The van der Waals surface area contributed by atoms with E-state index in [1.54, 1.807) is 17.6 Å². The highest BCUT2D eigenvalue weighted by molar-refractivity contribution is 7.99. The summed E-state index contributed by atoms with van der Waals surface area (Å²) in [5.74, 6) is 0.192. The lowest BCUT2D eigenvalue weighted by Gasteiger charge is -2.36. The summed E-state index contributed by atoms with van der Waals surface area (Å²) in [5, 5.41) is 33.9. The first-order chi connectivity index (χ1) is 23.9. The minimum atomic E-state index is -0.604. The Morgan fingerprint density at radius 3 is 2.27 bits per heavy atom. The number of pyridine rings is 1. The number of aromatic nitrogens is 1. The maximum Gasteiger partial charge on any atom is 0.251 e. The van der Waals surface area contributed by atoms with Crippen molar-refractivity contribution in [3.8, 4) is 11.1 Å². The molecule has 0 spiro atoms. The van der Waals surface area contributed by atoms with Crippen molar-refractivity contribution in [2.75, 3.05) is 5.75 Å². The van der Waals surface area contributed by atoms with Crippen LogP contribution in [-0.4, -0.2) is 34.0 Å². The second kappa shape index (κ2) is 18.5. The zero-order chi connectivity index (χ0) is 34.4. The molecule has 0 radical (unpaired) electrons. The molecule has 11 heteroatoms. The number of aliphatic hydroxyl groups is 1. The van der Waals surface area contributed by atoms with Gasteiger partial charge in [0.2, 0.25) is 11.8 Å². The second-order valence-corrected chi connectivity index (χ2v) is 13.1. The molecule has 0 aliphatic carbocycles. The summed E-state index contributed by atoms with van der Waals surface area (Å²) in [7, 11) is 0. The van der Waals surface area contributed by atoms with E-state index in [2.05, 4.69) is 11.4 Å². The van der Waals surface area contributed by atoms with E-state index in [1.165, 1.54) is 18.0 Å². The fourth-order valence-electron chi connectivity index (χ4n) is 5.69. The molecule has 0 saturated carbocycles. The highest BCUT2D eigenvalue weighted by Gasteiger charge is 2.32. The molecule has 1 aliphatic rings. The van der Waals surface area contributed by atoms with E-state index >= 15 is 0 Å². The van der Waals surface area contributed by atoms with Crippen molar-refractivity contribution in [3.05, 3.63) is 125 Å². The number of nitrogens with zero attached hydrogens (tertiary/aromatic N) is 1. The molecule has 0 unspecified atom stereocenters. The van der Waals surface area contributed by atoms with Crippen LogP contribution in [0.5, 0.6) is 0 Å². The Kier molecular flexibility index (Phi) is 13.6. The highest BCUT2D eigenvalue weighted by atomic mass is 32.2. The van der Waals surface area contributed by atoms with Gasteiger partial charge in [0.15, 0.2) is 12.5 Å². The van der Waals surface area contributed by atoms with Gasteiger partial charge in [0.05, 0.1) is 18.8 Å². The summed E-state index contributed by atoms with van der Waals surface area (Å²) >= 11 is 1.46. The summed E-state index contributed by atoms with van der Waals surface area (Å²) in [5.41, 5.74) is 7.40. The molecule has 1 aromatic heterocycles. The van der Waals surface area contributed by atoms with Gasteiger partial charge in [-0.05, 0) is 52.8 Å². The van der Waals surface area contributed by atoms with Gasteiger partial charge in [0, 0.05) is 49.3 Å². The maximum absolute atomic E-state index is 12.4. The largest absolute Gasteiger partial charge is 0.618 e. The van der Waals surface area contributed by atoms with Crippen LogP contribution in [0.1, 0.15) is 79.6 Å². The summed E-state index contributed by atoms with van der Waals surface area (Å²) in [4.78, 5) is 23.4. The number of hydrogen-bond acceptors (Lipinski definition) is 8. The molecule has 10 nitrogen and oxygen atoms in total. The number of carbonyl (C=O) groups excluding carboxylic acids is 2. The number of rotatable bonds is 16. The van der Waals surface area contributed by atoms with Gasteiger partial charge in [-0.25, -0.2) is 5.48 Å². The molecule has 1 saturated heterocycles. The van der Waals surface area contributed by atoms with Gasteiger partial charge in [-0.3, -0.25) is 14.8 Å². The van der Waals surface area contributed by atoms with E-state index in [9.17, 15) is 19.9 Å². The average Bonchev–Trinajstić information content (AvgIpc) is 3.15. The first-order valence-electron chi connectivity index (χ1n) is 16.6. The van der Waals surface area contributed by atoms with Crippen LogP contribution in [0.15, 0.2) is 102 Å². The summed E-state index contributed by atoms with van der Waals surface area (Å²) < 4.78 is 13.8. The number of hydrogen-bond donors (Lipinski definition) is 4. The minimum Gasteiger partial charge on any atom is -0.618 e. The Morgan fingerprint density at radius 2 is 1.55 bits per heavy atom. The SMILES string of the molecule is O=C(CCCCCCC(=O)NCc1cccc(-c2ccc([C@H]3O[C@@H](CSc4cccc[n+]4[O-])C[C@@H](c4ccc(CO)cc4)O3)cc2)c1)NO. The molecule has 3 atom stereocenters. The minimum absolute atomic E-state index is 0.00863. The zero-order valence-corrected chi connectivity index (χ0v) is 28.1. The van der Waals surface area contributed by atoms with Crippen molar-refractivity contribution in [2.24, 2.45) is 0 Å². The zero-order valence-electron chi connectivity index (χ0n) is 27.3. The molecule has 2 amide bonds. The standard InChI is InChI=1S/C38H43N3O7S/c42-25-27-13-15-30(16-14-27)34-23-33(26-49-37-12-5-6-21-41(37)46)47-38(48-34)31-19-17-29(18-20-31)32-9-7-8-28(22-32)24-39-35(43)10-3-1-2-4-11-36(44)40-45/h5-9,12-22,33-34,38,42,45H,1-4,10-11,23-26H2,(H,39,43)(H,40,44)/t33-,34+,38+/m1/s1. The smallest absolute Gasteiger partial charge is 0.251 e. The Hall–Kier alpha value is -4.26. The third-order valence-corrected chi connectivity index (χ3v) is 9.59. The predicted octanol–water partition coefficient (Wildman–Crippen LogP) is 6.28. The number of benzene rings is 3. The fourth-order valence-corrected chi connectivity index (χ4v) is 6.62. The van der Waals surface area contributed by atoms with Crippen LogP contribution in [-0.2, 0) is 32.2 Å². The van der Waals surface area contributed by atoms with Crippen molar-refractivity contribution in [2.45, 2.75) is 81.6 Å².